The van der Waals surface area contributed by atoms with E-state index in [1.165, 1.54) is 9.78 Å². The highest BCUT2D eigenvalue weighted by atomic mass is 32.1. The van der Waals surface area contributed by atoms with Crippen LogP contribution in [-0.2, 0) is 4.79 Å². The maximum absolute atomic E-state index is 12.2. The van der Waals surface area contributed by atoms with Crippen molar-refractivity contribution in [3.8, 4) is 0 Å². The Bertz CT molecular complexity index is 496. The minimum atomic E-state index is -0.972. The van der Waals surface area contributed by atoms with E-state index in [4.69, 9.17) is 5.11 Å². The highest BCUT2D eigenvalue weighted by Gasteiger charge is 2.28. The molecule has 1 heterocycles. The van der Waals surface area contributed by atoms with Crippen molar-refractivity contribution in [2.24, 2.45) is 5.92 Å². The van der Waals surface area contributed by atoms with Gasteiger partial charge in [-0.25, -0.2) is 4.79 Å². The quantitative estimate of drug-likeness (QED) is 0.848. The van der Waals surface area contributed by atoms with Gasteiger partial charge in [0.25, 0.3) is 0 Å². The summed E-state index contributed by atoms with van der Waals surface area (Å²) >= 11 is 1.64. The molecule has 5 nitrogen and oxygen atoms in total. The van der Waals surface area contributed by atoms with E-state index < -0.39 is 5.97 Å². The monoisotopic (exact) mass is 296 g/mol. The highest BCUT2D eigenvalue weighted by Crippen LogP contribution is 2.30. The number of hydrogen-bond donors (Lipinski definition) is 2. The third-order valence-electron chi connectivity index (χ3n) is 3.32. The lowest BCUT2D eigenvalue weighted by atomic mass is 10.3. The van der Waals surface area contributed by atoms with Gasteiger partial charge in [0.2, 0.25) is 0 Å². The fraction of sp³-hybridized carbons (Fsp3) is 0.571. The standard InChI is InChI=1S/C14H20N2O3S/c1-9-3-6-12(20-9)10(2)15-14(19)16(8-13(17)18)7-11-4-5-11/h3,6,10-11H,4-5,7-8H2,1-2H3,(H,15,19)(H,17,18). The van der Waals surface area contributed by atoms with E-state index in [9.17, 15) is 9.59 Å². The van der Waals surface area contributed by atoms with E-state index in [1.807, 2.05) is 26.0 Å². The summed E-state index contributed by atoms with van der Waals surface area (Å²) < 4.78 is 0. The SMILES string of the molecule is Cc1ccc(C(C)NC(=O)N(CC(=O)O)CC2CC2)s1. The van der Waals surface area contributed by atoms with Gasteiger partial charge in [0.05, 0.1) is 6.04 Å². The van der Waals surface area contributed by atoms with Gasteiger partial charge in [0.1, 0.15) is 6.54 Å². The normalized spacial score (nSPS) is 15.7. The Morgan fingerprint density at radius 1 is 1.50 bits per heavy atom. The van der Waals surface area contributed by atoms with Crippen LogP contribution in [0.4, 0.5) is 4.79 Å². The van der Waals surface area contributed by atoms with Crippen molar-refractivity contribution < 1.29 is 14.7 Å². The minimum Gasteiger partial charge on any atom is -0.480 e. The van der Waals surface area contributed by atoms with Gasteiger partial charge in [0, 0.05) is 16.3 Å². The number of nitrogens with one attached hydrogen (secondary N) is 1. The second-order valence-electron chi connectivity index (χ2n) is 5.34. The van der Waals surface area contributed by atoms with E-state index in [2.05, 4.69) is 5.32 Å². The van der Waals surface area contributed by atoms with Gasteiger partial charge >= 0.3 is 12.0 Å². The largest absolute Gasteiger partial charge is 0.480 e. The molecule has 1 aromatic rings. The molecule has 0 radical (unpaired) electrons. The van der Waals surface area contributed by atoms with Crippen LogP contribution in [0.15, 0.2) is 12.1 Å². The maximum Gasteiger partial charge on any atom is 0.323 e. The summed E-state index contributed by atoms with van der Waals surface area (Å²) in [7, 11) is 0. The molecule has 110 valence electrons. The molecule has 6 heteroatoms. The van der Waals surface area contributed by atoms with Gasteiger partial charge in [-0.05, 0) is 44.7 Å². The molecule has 2 rings (SSSR count). The lowest BCUT2D eigenvalue weighted by molar-refractivity contribution is -0.137. The van der Waals surface area contributed by atoms with Gasteiger partial charge in [-0.3, -0.25) is 4.79 Å². The molecular formula is C14H20N2O3S. The van der Waals surface area contributed by atoms with E-state index >= 15 is 0 Å². The molecule has 0 spiro atoms. The van der Waals surface area contributed by atoms with E-state index in [1.54, 1.807) is 11.3 Å². The molecule has 0 saturated heterocycles. The fourth-order valence-electron chi connectivity index (χ4n) is 2.03. The summed E-state index contributed by atoms with van der Waals surface area (Å²) in [5.41, 5.74) is 0. The summed E-state index contributed by atoms with van der Waals surface area (Å²) in [6, 6.07) is 3.62. The van der Waals surface area contributed by atoms with Crippen molar-refractivity contribution in [3.63, 3.8) is 0 Å². The molecule has 1 fully saturated rings. The number of urea groups is 1. The number of nitrogens with zero attached hydrogens (tertiary/aromatic N) is 1. The van der Waals surface area contributed by atoms with Gasteiger partial charge in [0.15, 0.2) is 0 Å². The van der Waals surface area contributed by atoms with Crippen LogP contribution in [0, 0.1) is 12.8 Å². The first-order chi connectivity index (χ1) is 9.45. The highest BCUT2D eigenvalue weighted by molar-refractivity contribution is 7.12. The summed E-state index contributed by atoms with van der Waals surface area (Å²) in [5, 5.41) is 11.8. The van der Waals surface area contributed by atoms with Gasteiger partial charge in [-0.2, -0.15) is 0 Å². The van der Waals surface area contributed by atoms with Gasteiger partial charge < -0.3 is 15.3 Å². The lowest BCUT2D eigenvalue weighted by Crippen LogP contribution is -2.44. The molecule has 0 aliphatic heterocycles. The average Bonchev–Trinajstić information content (AvgIpc) is 3.07. The number of hydrogen-bond acceptors (Lipinski definition) is 3. The Hall–Kier alpha value is -1.56. The summed E-state index contributed by atoms with van der Waals surface area (Å²) in [6.07, 6.45) is 2.17. The smallest absolute Gasteiger partial charge is 0.323 e. The van der Waals surface area contributed by atoms with Crippen molar-refractivity contribution in [3.05, 3.63) is 21.9 Å². The first-order valence-electron chi connectivity index (χ1n) is 6.79. The van der Waals surface area contributed by atoms with Crippen LogP contribution in [0.5, 0.6) is 0 Å². The predicted molar refractivity (Wildman–Crippen MR) is 77.9 cm³/mol. The van der Waals surface area contributed by atoms with Crippen molar-refractivity contribution in [2.75, 3.05) is 13.1 Å². The number of aryl methyl sites for hydroxylation is 1. The first kappa shape index (κ1) is 14.8. The summed E-state index contributed by atoms with van der Waals surface area (Å²) in [6.45, 7) is 4.23. The first-order valence-corrected chi connectivity index (χ1v) is 7.61. The number of carboxylic acid groups (broad SMARTS) is 1. The number of thiophene rings is 1. The lowest BCUT2D eigenvalue weighted by Gasteiger charge is -2.23. The van der Waals surface area contributed by atoms with Crippen LogP contribution >= 0.6 is 11.3 Å². The Labute approximate surface area is 122 Å². The van der Waals surface area contributed by atoms with E-state index in [0.717, 1.165) is 17.7 Å². The zero-order chi connectivity index (χ0) is 14.7. The molecule has 1 saturated carbocycles. The average molecular weight is 296 g/mol. The van der Waals surface area contributed by atoms with E-state index in [-0.39, 0.29) is 18.6 Å². The Balaban J connectivity index is 1.94. The molecular weight excluding hydrogens is 276 g/mol. The van der Waals surface area contributed by atoms with Crippen LogP contribution in [0.25, 0.3) is 0 Å². The molecule has 1 aliphatic carbocycles. The number of amides is 2. The summed E-state index contributed by atoms with van der Waals surface area (Å²) in [5.74, 6) is -0.500. The van der Waals surface area contributed by atoms with E-state index in [0.29, 0.717) is 12.5 Å². The van der Waals surface area contributed by atoms with Crippen molar-refractivity contribution >= 4 is 23.3 Å². The third kappa shape index (κ3) is 4.23. The van der Waals surface area contributed by atoms with Crippen molar-refractivity contribution in [1.82, 2.24) is 10.2 Å². The minimum absolute atomic E-state index is 0.100. The Morgan fingerprint density at radius 2 is 2.20 bits per heavy atom. The number of aliphatic carboxylic acids is 1. The van der Waals surface area contributed by atoms with Crippen molar-refractivity contribution in [1.29, 1.82) is 0 Å². The number of carbonyl (C=O) groups excluding carboxylic acids is 1. The van der Waals surface area contributed by atoms with Crippen LogP contribution in [0.1, 0.15) is 35.6 Å². The second kappa shape index (κ2) is 6.26. The zero-order valence-electron chi connectivity index (χ0n) is 11.8. The van der Waals surface area contributed by atoms with Gasteiger partial charge in [-0.1, -0.05) is 0 Å². The van der Waals surface area contributed by atoms with Crippen LogP contribution in [0.3, 0.4) is 0 Å². The van der Waals surface area contributed by atoms with Crippen LogP contribution in [-0.4, -0.2) is 35.1 Å². The molecule has 2 amide bonds. The Kier molecular flexibility index (Phi) is 4.65. The van der Waals surface area contributed by atoms with Crippen LogP contribution in [0.2, 0.25) is 0 Å². The molecule has 2 N–H and O–H groups in total. The topological polar surface area (TPSA) is 69.6 Å². The molecule has 1 aromatic heterocycles. The molecule has 0 bridgehead atoms. The third-order valence-corrected chi connectivity index (χ3v) is 4.50. The van der Waals surface area contributed by atoms with Gasteiger partial charge in [-0.15, -0.1) is 11.3 Å². The molecule has 20 heavy (non-hydrogen) atoms. The molecule has 0 aromatic carbocycles. The Morgan fingerprint density at radius 3 is 2.70 bits per heavy atom. The predicted octanol–water partition coefficient (Wildman–Crippen LogP) is 2.62. The fourth-order valence-corrected chi connectivity index (χ4v) is 2.91. The van der Waals surface area contributed by atoms with Crippen LogP contribution < -0.4 is 5.32 Å². The summed E-state index contributed by atoms with van der Waals surface area (Å²) in [4.78, 5) is 26.7. The second-order valence-corrected chi connectivity index (χ2v) is 6.66. The number of rotatable bonds is 6. The molecule has 1 aliphatic rings. The number of carboxylic acids is 1. The maximum atomic E-state index is 12.2. The van der Waals surface area contributed by atoms with Crippen molar-refractivity contribution in [2.45, 2.75) is 32.7 Å². The molecule has 1 atom stereocenters. The number of carbonyl (C=O) groups is 2. The molecule has 1 unspecified atom stereocenters. The zero-order valence-corrected chi connectivity index (χ0v) is 12.6.